The van der Waals surface area contributed by atoms with Crippen molar-refractivity contribution in [1.82, 2.24) is 15.4 Å². The SMILES string of the molecule is CN(C)c1ncnc(NNC(=O)c2ccccc2[N+](=O)[O-])c1[N+](=O)[O-]. The van der Waals surface area contributed by atoms with Gasteiger partial charge in [0.05, 0.1) is 9.85 Å². The molecule has 0 fully saturated rings. The smallest absolute Gasteiger partial charge is 0.355 e. The quantitative estimate of drug-likeness (QED) is 0.577. The second-order valence-corrected chi connectivity index (χ2v) is 4.90. The summed E-state index contributed by atoms with van der Waals surface area (Å²) < 4.78 is 0. The minimum Gasteiger partial charge on any atom is -0.357 e. The molecular formula is C13H13N7O5. The van der Waals surface area contributed by atoms with E-state index in [4.69, 9.17) is 0 Å². The highest BCUT2D eigenvalue weighted by Crippen LogP contribution is 2.30. The first kappa shape index (κ1) is 17.5. The number of hydrogen-bond acceptors (Lipinski definition) is 9. The van der Waals surface area contributed by atoms with Gasteiger partial charge in [0.2, 0.25) is 11.6 Å². The Hall–Kier alpha value is -3.83. The topological polar surface area (TPSA) is 156 Å². The zero-order chi connectivity index (χ0) is 18.6. The van der Waals surface area contributed by atoms with Crippen molar-refractivity contribution >= 4 is 28.9 Å². The Morgan fingerprint density at radius 3 is 2.40 bits per heavy atom. The molecular weight excluding hydrogens is 334 g/mol. The number of nitro groups is 2. The van der Waals surface area contributed by atoms with Crippen molar-refractivity contribution in [2.75, 3.05) is 24.4 Å². The van der Waals surface area contributed by atoms with Crippen LogP contribution in [0, 0.1) is 20.2 Å². The molecule has 1 aromatic heterocycles. The largest absolute Gasteiger partial charge is 0.357 e. The van der Waals surface area contributed by atoms with Crippen molar-refractivity contribution in [1.29, 1.82) is 0 Å². The highest BCUT2D eigenvalue weighted by atomic mass is 16.6. The van der Waals surface area contributed by atoms with E-state index in [1.165, 1.54) is 29.2 Å². The number of hydrazine groups is 1. The van der Waals surface area contributed by atoms with Crippen LogP contribution in [0.4, 0.5) is 23.0 Å². The van der Waals surface area contributed by atoms with Gasteiger partial charge in [-0.1, -0.05) is 12.1 Å². The molecule has 2 aromatic rings. The highest BCUT2D eigenvalue weighted by molar-refractivity contribution is 5.98. The molecule has 2 N–H and O–H groups in total. The lowest BCUT2D eigenvalue weighted by atomic mass is 10.2. The molecule has 1 heterocycles. The summed E-state index contributed by atoms with van der Waals surface area (Å²) in [4.78, 5) is 41.9. The van der Waals surface area contributed by atoms with Crippen molar-refractivity contribution in [3.05, 3.63) is 56.4 Å². The van der Waals surface area contributed by atoms with Gasteiger partial charge in [-0.3, -0.25) is 35.9 Å². The third-order valence-electron chi connectivity index (χ3n) is 3.05. The summed E-state index contributed by atoms with van der Waals surface area (Å²) in [6.07, 6.45) is 1.09. The average Bonchev–Trinajstić information content (AvgIpc) is 2.58. The monoisotopic (exact) mass is 347 g/mol. The van der Waals surface area contributed by atoms with E-state index in [0.717, 1.165) is 6.33 Å². The number of benzene rings is 1. The highest BCUT2D eigenvalue weighted by Gasteiger charge is 2.25. The fraction of sp³-hybridized carbons (Fsp3) is 0.154. The Balaban J connectivity index is 2.28. The lowest BCUT2D eigenvalue weighted by molar-refractivity contribution is -0.385. The summed E-state index contributed by atoms with van der Waals surface area (Å²) in [6, 6.07) is 5.31. The molecule has 0 saturated heterocycles. The van der Waals surface area contributed by atoms with Gasteiger partial charge in [-0.05, 0) is 6.07 Å². The number of carbonyl (C=O) groups excluding carboxylic acids is 1. The lowest BCUT2D eigenvalue weighted by Gasteiger charge is -2.13. The molecule has 0 atom stereocenters. The van der Waals surface area contributed by atoms with Crippen LogP contribution < -0.4 is 15.8 Å². The Kier molecular flexibility index (Phi) is 5.02. The molecule has 130 valence electrons. The number of anilines is 2. The summed E-state index contributed by atoms with van der Waals surface area (Å²) in [5.74, 6) is -1.07. The standard InChI is InChI=1S/C13H13N7O5/c1-18(2)12-10(20(24)25)11(14-7-15-12)16-17-13(21)8-5-3-4-6-9(8)19(22)23/h3-7H,1-2H3,(H,17,21)(H,14,15,16). The van der Waals surface area contributed by atoms with Crippen molar-refractivity contribution in [2.45, 2.75) is 0 Å². The fourth-order valence-corrected chi connectivity index (χ4v) is 1.96. The predicted molar refractivity (Wildman–Crippen MR) is 87.2 cm³/mol. The molecule has 0 aliphatic heterocycles. The van der Waals surface area contributed by atoms with Crippen LogP contribution in [-0.4, -0.2) is 39.8 Å². The number of rotatable bonds is 6. The van der Waals surface area contributed by atoms with Gasteiger partial charge in [-0.2, -0.15) is 0 Å². The van der Waals surface area contributed by atoms with Crippen molar-refractivity contribution < 1.29 is 14.6 Å². The molecule has 2 rings (SSSR count). The van der Waals surface area contributed by atoms with Crippen LogP contribution in [-0.2, 0) is 0 Å². The van der Waals surface area contributed by atoms with E-state index in [2.05, 4.69) is 20.8 Å². The molecule has 0 aliphatic carbocycles. The molecule has 1 aromatic carbocycles. The van der Waals surface area contributed by atoms with E-state index in [0.29, 0.717) is 0 Å². The minimum absolute atomic E-state index is 0.0300. The molecule has 0 radical (unpaired) electrons. The van der Waals surface area contributed by atoms with Crippen LogP contribution in [0.1, 0.15) is 10.4 Å². The van der Waals surface area contributed by atoms with Crippen molar-refractivity contribution in [3.63, 3.8) is 0 Å². The van der Waals surface area contributed by atoms with E-state index >= 15 is 0 Å². The number of nitro benzene ring substituents is 1. The van der Waals surface area contributed by atoms with E-state index in [1.807, 2.05) is 0 Å². The zero-order valence-electron chi connectivity index (χ0n) is 13.2. The fourth-order valence-electron chi connectivity index (χ4n) is 1.96. The van der Waals surface area contributed by atoms with E-state index in [9.17, 15) is 25.0 Å². The average molecular weight is 347 g/mol. The van der Waals surface area contributed by atoms with Crippen LogP contribution >= 0.6 is 0 Å². The lowest BCUT2D eigenvalue weighted by Crippen LogP contribution is -2.31. The summed E-state index contributed by atoms with van der Waals surface area (Å²) in [6.45, 7) is 0. The summed E-state index contributed by atoms with van der Waals surface area (Å²) in [5.41, 5.74) is 3.43. The van der Waals surface area contributed by atoms with Crippen molar-refractivity contribution in [2.24, 2.45) is 0 Å². The van der Waals surface area contributed by atoms with Gasteiger partial charge < -0.3 is 4.90 Å². The van der Waals surface area contributed by atoms with Crippen LogP contribution in [0.25, 0.3) is 0 Å². The molecule has 25 heavy (non-hydrogen) atoms. The van der Waals surface area contributed by atoms with Gasteiger partial charge in [0.1, 0.15) is 11.9 Å². The maximum atomic E-state index is 12.1. The molecule has 0 aliphatic rings. The summed E-state index contributed by atoms with van der Waals surface area (Å²) in [5, 5.41) is 22.2. The first-order chi connectivity index (χ1) is 11.8. The second-order valence-electron chi connectivity index (χ2n) is 4.90. The van der Waals surface area contributed by atoms with Gasteiger partial charge in [0, 0.05) is 20.2 Å². The maximum Gasteiger partial charge on any atom is 0.355 e. The molecule has 0 saturated carbocycles. The Morgan fingerprint density at radius 1 is 1.12 bits per heavy atom. The number of carbonyl (C=O) groups is 1. The third-order valence-corrected chi connectivity index (χ3v) is 3.05. The Morgan fingerprint density at radius 2 is 1.80 bits per heavy atom. The number of nitrogens with zero attached hydrogens (tertiary/aromatic N) is 5. The molecule has 1 amide bonds. The number of hydrogen-bond donors (Lipinski definition) is 2. The van der Waals surface area contributed by atoms with Crippen LogP contribution in [0.2, 0.25) is 0 Å². The van der Waals surface area contributed by atoms with Crippen LogP contribution in [0.15, 0.2) is 30.6 Å². The van der Waals surface area contributed by atoms with Crippen LogP contribution in [0.5, 0.6) is 0 Å². The number of amides is 1. The molecule has 12 heteroatoms. The van der Waals surface area contributed by atoms with E-state index in [1.54, 1.807) is 14.1 Å². The maximum absolute atomic E-state index is 12.1. The molecule has 0 unspecified atom stereocenters. The van der Waals surface area contributed by atoms with Gasteiger partial charge in [-0.25, -0.2) is 9.97 Å². The zero-order valence-corrected chi connectivity index (χ0v) is 13.2. The van der Waals surface area contributed by atoms with E-state index < -0.39 is 27.1 Å². The summed E-state index contributed by atoms with van der Waals surface area (Å²) >= 11 is 0. The number of aromatic nitrogens is 2. The van der Waals surface area contributed by atoms with Crippen LogP contribution in [0.3, 0.4) is 0 Å². The normalized spacial score (nSPS) is 10.0. The first-order valence-corrected chi connectivity index (χ1v) is 6.79. The van der Waals surface area contributed by atoms with Gasteiger partial charge >= 0.3 is 5.69 Å². The minimum atomic E-state index is -0.841. The summed E-state index contributed by atoms with van der Waals surface area (Å²) in [7, 11) is 3.12. The molecule has 12 nitrogen and oxygen atoms in total. The van der Waals surface area contributed by atoms with E-state index in [-0.39, 0.29) is 17.2 Å². The second kappa shape index (κ2) is 7.16. The third kappa shape index (κ3) is 3.74. The van der Waals surface area contributed by atoms with Gasteiger partial charge in [0.15, 0.2) is 0 Å². The van der Waals surface area contributed by atoms with Gasteiger partial charge in [-0.15, -0.1) is 0 Å². The van der Waals surface area contributed by atoms with Gasteiger partial charge in [0.25, 0.3) is 11.6 Å². The Labute approximate surface area is 140 Å². The van der Waals surface area contributed by atoms with Crippen molar-refractivity contribution in [3.8, 4) is 0 Å². The molecule has 0 bridgehead atoms. The first-order valence-electron chi connectivity index (χ1n) is 6.79. The number of para-hydroxylation sites is 1. The predicted octanol–water partition coefficient (Wildman–Crippen LogP) is 1.12. The Bertz CT molecular complexity index is 839. The molecule has 0 spiro atoms. The number of nitrogens with one attached hydrogen (secondary N) is 2.